The molecule has 2 heterocycles. The van der Waals surface area contributed by atoms with Crippen LogP contribution in [0.5, 0.6) is 5.75 Å². The third kappa shape index (κ3) is 3.01. The minimum atomic E-state index is -0.0515. The lowest BCUT2D eigenvalue weighted by molar-refractivity contribution is -0.116. The highest BCUT2D eigenvalue weighted by Gasteiger charge is 2.31. The van der Waals surface area contributed by atoms with E-state index in [1.54, 1.807) is 4.68 Å². The number of aryl methyl sites for hydroxylation is 1. The fourth-order valence-electron chi connectivity index (χ4n) is 3.25. The van der Waals surface area contributed by atoms with E-state index in [0.29, 0.717) is 13.0 Å². The van der Waals surface area contributed by atoms with E-state index in [2.05, 4.69) is 10.4 Å². The summed E-state index contributed by atoms with van der Waals surface area (Å²) in [5.74, 6) is 1.52. The molecule has 0 fully saturated rings. The van der Waals surface area contributed by atoms with E-state index in [9.17, 15) is 4.79 Å². The molecule has 4 rings (SSSR count). The molecule has 1 aliphatic heterocycles. The van der Waals surface area contributed by atoms with Crippen molar-refractivity contribution < 1.29 is 9.53 Å². The van der Waals surface area contributed by atoms with Crippen molar-refractivity contribution in [2.45, 2.75) is 18.9 Å². The minimum absolute atomic E-state index is 0.000961. The van der Waals surface area contributed by atoms with E-state index in [0.717, 1.165) is 28.3 Å². The number of carbonyl (C=O) groups is 1. The molecular weight excluding hydrogens is 314 g/mol. The van der Waals surface area contributed by atoms with E-state index >= 15 is 0 Å². The van der Waals surface area contributed by atoms with Crippen LogP contribution in [0.2, 0.25) is 0 Å². The Bertz CT molecular complexity index is 902. The van der Waals surface area contributed by atoms with Crippen molar-refractivity contribution in [3.8, 4) is 5.75 Å². The van der Waals surface area contributed by atoms with E-state index in [1.165, 1.54) is 0 Å². The van der Waals surface area contributed by atoms with Gasteiger partial charge in [0.15, 0.2) is 0 Å². The average Bonchev–Trinajstić information content (AvgIpc) is 3.01. The number of nitrogens with zero attached hydrogens (tertiary/aromatic N) is 2. The standard InChI is InChI=1S/C20H19N3O2/c1-23-20-17(12-21-23)16(11-19(24)22-20)15-9-5-6-10-18(15)25-13-14-7-3-2-4-8-14/h2-10,12,16H,11,13H2,1H3,(H,22,24). The molecule has 1 unspecified atom stereocenters. The molecule has 0 saturated carbocycles. The van der Waals surface area contributed by atoms with Crippen molar-refractivity contribution in [1.82, 2.24) is 9.78 Å². The number of nitrogens with one attached hydrogen (secondary N) is 1. The Morgan fingerprint density at radius 3 is 2.72 bits per heavy atom. The van der Waals surface area contributed by atoms with Gasteiger partial charge in [-0.05, 0) is 11.6 Å². The van der Waals surface area contributed by atoms with Crippen LogP contribution >= 0.6 is 0 Å². The molecule has 2 aromatic carbocycles. The van der Waals surface area contributed by atoms with E-state index < -0.39 is 0 Å². The predicted octanol–water partition coefficient (Wildman–Crippen LogP) is 3.47. The van der Waals surface area contributed by atoms with Gasteiger partial charge >= 0.3 is 0 Å². The van der Waals surface area contributed by atoms with Crippen LogP contribution in [0, 0.1) is 0 Å². The van der Waals surface area contributed by atoms with Gasteiger partial charge in [0.25, 0.3) is 0 Å². The predicted molar refractivity (Wildman–Crippen MR) is 95.5 cm³/mol. The van der Waals surface area contributed by atoms with Crippen molar-refractivity contribution in [3.05, 3.63) is 77.5 Å². The van der Waals surface area contributed by atoms with Crippen LogP contribution < -0.4 is 10.1 Å². The fourth-order valence-corrected chi connectivity index (χ4v) is 3.25. The van der Waals surface area contributed by atoms with Gasteiger partial charge in [-0.25, -0.2) is 0 Å². The van der Waals surface area contributed by atoms with Crippen LogP contribution in [0.3, 0.4) is 0 Å². The summed E-state index contributed by atoms with van der Waals surface area (Å²) in [5, 5.41) is 7.20. The second-order valence-electron chi connectivity index (χ2n) is 6.19. The molecule has 1 atom stereocenters. The van der Waals surface area contributed by atoms with Crippen molar-refractivity contribution in [2.24, 2.45) is 7.05 Å². The van der Waals surface area contributed by atoms with Crippen LogP contribution in [-0.4, -0.2) is 15.7 Å². The number of anilines is 1. The molecule has 3 aromatic rings. The van der Waals surface area contributed by atoms with Crippen molar-refractivity contribution in [3.63, 3.8) is 0 Å². The van der Waals surface area contributed by atoms with Gasteiger partial charge in [0.2, 0.25) is 5.91 Å². The molecule has 126 valence electrons. The average molecular weight is 333 g/mol. The van der Waals surface area contributed by atoms with Crippen LogP contribution in [0.15, 0.2) is 60.8 Å². The number of benzene rings is 2. The van der Waals surface area contributed by atoms with Crippen molar-refractivity contribution in [1.29, 1.82) is 0 Å². The molecule has 0 spiro atoms. The number of aromatic nitrogens is 2. The molecule has 1 aliphatic rings. The molecule has 5 heteroatoms. The first-order valence-corrected chi connectivity index (χ1v) is 8.30. The zero-order valence-electron chi connectivity index (χ0n) is 14.0. The number of amides is 1. The molecule has 0 bridgehead atoms. The van der Waals surface area contributed by atoms with Gasteiger partial charge in [-0.3, -0.25) is 9.48 Å². The highest BCUT2D eigenvalue weighted by atomic mass is 16.5. The first kappa shape index (κ1) is 15.4. The largest absolute Gasteiger partial charge is 0.489 e. The number of fused-ring (bicyclic) bond motifs is 1. The maximum absolute atomic E-state index is 12.2. The quantitative estimate of drug-likeness (QED) is 0.795. The molecule has 0 saturated heterocycles. The zero-order chi connectivity index (χ0) is 17.2. The zero-order valence-corrected chi connectivity index (χ0v) is 14.0. The Hall–Kier alpha value is -3.08. The fraction of sp³-hybridized carbons (Fsp3) is 0.200. The number of rotatable bonds is 4. The number of carbonyl (C=O) groups excluding carboxylic acids is 1. The summed E-state index contributed by atoms with van der Waals surface area (Å²) in [7, 11) is 1.83. The van der Waals surface area contributed by atoms with Gasteiger partial charge in [0.05, 0.1) is 6.20 Å². The van der Waals surface area contributed by atoms with E-state index in [4.69, 9.17) is 4.74 Å². The summed E-state index contributed by atoms with van der Waals surface area (Å²) in [6, 6.07) is 18.0. The number of hydrogen-bond donors (Lipinski definition) is 1. The molecular formula is C20H19N3O2. The molecule has 1 amide bonds. The summed E-state index contributed by atoms with van der Waals surface area (Å²) in [4.78, 5) is 12.2. The van der Waals surface area contributed by atoms with Gasteiger partial charge in [0.1, 0.15) is 18.2 Å². The van der Waals surface area contributed by atoms with Gasteiger partial charge < -0.3 is 10.1 Å². The Kier molecular flexibility index (Phi) is 3.98. The Balaban J connectivity index is 1.66. The minimum Gasteiger partial charge on any atom is -0.489 e. The van der Waals surface area contributed by atoms with Gasteiger partial charge in [-0.2, -0.15) is 5.10 Å². The summed E-state index contributed by atoms with van der Waals surface area (Å²) >= 11 is 0. The highest BCUT2D eigenvalue weighted by Crippen LogP contribution is 2.40. The second-order valence-corrected chi connectivity index (χ2v) is 6.19. The van der Waals surface area contributed by atoms with Crippen molar-refractivity contribution >= 4 is 11.7 Å². The van der Waals surface area contributed by atoms with Crippen LogP contribution in [0.1, 0.15) is 29.0 Å². The lowest BCUT2D eigenvalue weighted by Crippen LogP contribution is -2.24. The topological polar surface area (TPSA) is 56.2 Å². The maximum atomic E-state index is 12.2. The van der Waals surface area contributed by atoms with Gasteiger partial charge in [-0.15, -0.1) is 0 Å². The van der Waals surface area contributed by atoms with Crippen LogP contribution in [0.25, 0.3) is 0 Å². The Morgan fingerprint density at radius 1 is 1.12 bits per heavy atom. The summed E-state index contributed by atoms with van der Waals surface area (Å²) in [5.41, 5.74) is 3.15. The lowest BCUT2D eigenvalue weighted by Gasteiger charge is -2.25. The summed E-state index contributed by atoms with van der Waals surface area (Å²) < 4.78 is 7.78. The summed E-state index contributed by atoms with van der Waals surface area (Å²) in [6.07, 6.45) is 2.22. The Morgan fingerprint density at radius 2 is 1.88 bits per heavy atom. The normalized spacial score (nSPS) is 16.2. The molecule has 5 nitrogen and oxygen atoms in total. The number of hydrogen-bond acceptors (Lipinski definition) is 3. The monoisotopic (exact) mass is 333 g/mol. The van der Waals surface area contributed by atoms with E-state index in [-0.39, 0.29) is 11.8 Å². The number of para-hydroxylation sites is 1. The number of ether oxygens (including phenoxy) is 1. The first-order valence-electron chi connectivity index (χ1n) is 8.30. The lowest BCUT2D eigenvalue weighted by atomic mass is 9.87. The first-order chi connectivity index (χ1) is 12.2. The molecule has 0 radical (unpaired) electrons. The summed E-state index contributed by atoms with van der Waals surface area (Å²) in [6.45, 7) is 0.497. The molecule has 25 heavy (non-hydrogen) atoms. The SMILES string of the molecule is Cn1ncc2c1NC(=O)CC2c1ccccc1OCc1ccccc1. The third-order valence-corrected chi connectivity index (χ3v) is 4.52. The second kappa shape index (κ2) is 6.43. The Labute approximate surface area is 146 Å². The smallest absolute Gasteiger partial charge is 0.226 e. The van der Waals surface area contributed by atoms with Crippen LogP contribution in [0.4, 0.5) is 5.82 Å². The van der Waals surface area contributed by atoms with Crippen molar-refractivity contribution in [2.75, 3.05) is 5.32 Å². The van der Waals surface area contributed by atoms with Gasteiger partial charge in [0, 0.05) is 30.5 Å². The highest BCUT2D eigenvalue weighted by molar-refractivity contribution is 5.94. The molecule has 0 aliphatic carbocycles. The molecule has 1 N–H and O–H groups in total. The third-order valence-electron chi connectivity index (χ3n) is 4.52. The van der Waals surface area contributed by atoms with Gasteiger partial charge in [-0.1, -0.05) is 48.5 Å². The maximum Gasteiger partial charge on any atom is 0.226 e. The molecule has 1 aromatic heterocycles. The van der Waals surface area contributed by atoms with E-state index in [1.807, 2.05) is 67.8 Å². The van der Waals surface area contributed by atoms with Crippen LogP contribution in [-0.2, 0) is 18.4 Å².